The van der Waals surface area contributed by atoms with Crippen LogP contribution in [0.3, 0.4) is 0 Å². The van der Waals surface area contributed by atoms with Gasteiger partial charge in [-0.15, -0.1) is 0 Å². The number of methoxy groups -OCH3 is 1. The summed E-state index contributed by atoms with van der Waals surface area (Å²) in [7, 11) is 4.78. The van der Waals surface area contributed by atoms with E-state index in [1.807, 2.05) is 0 Å². The van der Waals surface area contributed by atoms with Crippen LogP contribution in [-0.2, 0) is 16.1 Å². The van der Waals surface area contributed by atoms with Crippen molar-refractivity contribution in [1.82, 2.24) is 10.2 Å². The molecule has 0 heterocycles. The molecule has 0 aromatic heterocycles. The largest absolute Gasteiger partial charge is 0.493 e. The lowest BCUT2D eigenvalue weighted by Gasteiger charge is -2.14. The first-order valence-electron chi connectivity index (χ1n) is 9.55. The smallest absolute Gasteiger partial charge is 0.292 e. The fourth-order valence-corrected chi connectivity index (χ4v) is 2.59. The summed E-state index contributed by atoms with van der Waals surface area (Å²) < 4.78 is 10.8. The molecule has 0 bridgehead atoms. The molecule has 0 saturated carbocycles. The molecule has 2 aromatic carbocycles. The van der Waals surface area contributed by atoms with Crippen molar-refractivity contribution in [2.24, 2.45) is 0 Å². The third-order valence-corrected chi connectivity index (χ3v) is 4.34. The second-order valence-corrected chi connectivity index (χ2v) is 6.79. The molecule has 2 rings (SSSR count). The Kier molecular flexibility index (Phi) is 8.62. The van der Waals surface area contributed by atoms with Crippen molar-refractivity contribution in [2.45, 2.75) is 13.0 Å². The SMILES string of the molecule is COc1cc(CNC(=O)CCNc2ccccc2[N+](=O)[O-])ccc1OCC(=O)N(C)C. The van der Waals surface area contributed by atoms with Crippen LogP contribution in [0.25, 0.3) is 0 Å². The number of para-hydroxylation sites is 2. The Morgan fingerprint density at radius 3 is 2.55 bits per heavy atom. The monoisotopic (exact) mass is 430 g/mol. The number of ether oxygens (including phenoxy) is 2. The van der Waals surface area contributed by atoms with E-state index in [2.05, 4.69) is 10.6 Å². The quantitative estimate of drug-likeness (QED) is 0.414. The van der Waals surface area contributed by atoms with E-state index in [4.69, 9.17) is 9.47 Å². The van der Waals surface area contributed by atoms with Gasteiger partial charge in [0.1, 0.15) is 5.69 Å². The standard InChI is InChI=1S/C21H26N4O6/c1-24(2)21(27)14-31-18-9-8-15(12-19(18)30-3)13-23-20(26)10-11-22-16-6-4-5-7-17(16)25(28)29/h4-9,12,22H,10-11,13-14H2,1-3H3,(H,23,26). The third-order valence-electron chi connectivity index (χ3n) is 4.34. The Morgan fingerprint density at radius 2 is 1.87 bits per heavy atom. The lowest BCUT2D eigenvalue weighted by atomic mass is 10.2. The average Bonchev–Trinajstić information content (AvgIpc) is 2.76. The molecule has 10 heteroatoms. The van der Waals surface area contributed by atoms with E-state index in [-0.39, 0.29) is 43.6 Å². The number of likely N-dealkylation sites (N-methyl/N-ethyl adjacent to an activating group) is 1. The highest BCUT2D eigenvalue weighted by Gasteiger charge is 2.13. The van der Waals surface area contributed by atoms with E-state index in [1.165, 1.54) is 18.1 Å². The Morgan fingerprint density at radius 1 is 1.13 bits per heavy atom. The zero-order chi connectivity index (χ0) is 22.8. The second-order valence-electron chi connectivity index (χ2n) is 6.79. The molecule has 2 aromatic rings. The van der Waals surface area contributed by atoms with Gasteiger partial charge >= 0.3 is 0 Å². The summed E-state index contributed by atoms with van der Waals surface area (Å²) in [6.45, 7) is 0.427. The molecule has 0 fully saturated rings. The average molecular weight is 430 g/mol. The molecule has 10 nitrogen and oxygen atoms in total. The van der Waals surface area contributed by atoms with E-state index in [0.717, 1.165) is 5.56 Å². The number of nitro groups is 1. The maximum atomic E-state index is 12.1. The van der Waals surface area contributed by atoms with Gasteiger partial charge in [0.15, 0.2) is 18.1 Å². The van der Waals surface area contributed by atoms with Gasteiger partial charge < -0.3 is 25.0 Å². The molecule has 2 N–H and O–H groups in total. The second kappa shape index (κ2) is 11.4. The summed E-state index contributed by atoms with van der Waals surface area (Å²) in [6, 6.07) is 11.4. The highest BCUT2D eigenvalue weighted by Crippen LogP contribution is 2.28. The number of benzene rings is 2. The van der Waals surface area contributed by atoms with Crippen LogP contribution >= 0.6 is 0 Å². The zero-order valence-electron chi connectivity index (χ0n) is 17.7. The molecule has 0 aliphatic heterocycles. The molecule has 0 radical (unpaired) electrons. The minimum atomic E-state index is -0.473. The number of nitro benzene ring substituents is 1. The minimum Gasteiger partial charge on any atom is -0.493 e. The summed E-state index contributed by atoms with van der Waals surface area (Å²) in [5.74, 6) is 0.507. The van der Waals surface area contributed by atoms with Gasteiger partial charge in [-0.2, -0.15) is 0 Å². The Labute approximate surface area is 180 Å². The predicted octanol–water partition coefficient (Wildman–Crippen LogP) is 2.19. The Hall–Kier alpha value is -3.82. The van der Waals surface area contributed by atoms with E-state index in [1.54, 1.807) is 50.5 Å². The van der Waals surface area contributed by atoms with E-state index < -0.39 is 4.92 Å². The first-order chi connectivity index (χ1) is 14.8. The van der Waals surface area contributed by atoms with Crippen molar-refractivity contribution < 1.29 is 24.0 Å². The topological polar surface area (TPSA) is 123 Å². The molecule has 0 aliphatic carbocycles. The molecule has 0 spiro atoms. The van der Waals surface area contributed by atoms with Crippen LogP contribution in [0.1, 0.15) is 12.0 Å². The van der Waals surface area contributed by atoms with Gasteiger partial charge in [0, 0.05) is 39.7 Å². The van der Waals surface area contributed by atoms with E-state index in [0.29, 0.717) is 17.2 Å². The fourth-order valence-electron chi connectivity index (χ4n) is 2.59. The Bertz CT molecular complexity index is 932. The predicted molar refractivity (Wildman–Crippen MR) is 115 cm³/mol. The highest BCUT2D eigenvalue weighted by molar-refractivity contribution is 5.77. The molecule has 0 aliphatic rings. The van der Waals surface area contributed by atoms with Gasteiger partial charge in [-0.25, -0.2) is 0 Å². The minimum absolute atomic E-state index is 0.0374. The summed E-state index contributed by atoms with van der Waals surface area (Å²) in [6.07, 6.45) is 0.150. The molecule has 166 valence electrons. The van der Waals surface area contributed by atoms with Crippen LogP contribution < -0.4 is 20.1 Å². The fraction of sp³-hybridized carbons (Fsp3) is 0.333. The number of amides is 2. The summed E-state index contributed by atoms with van der Waals surface area (Å²) in [5.41, 5.74) is 1.13. The van der Waals surface area contributed by atoms with Gasteiger partial charge in [-0.05, 0) is 23.8 Å². The number of hydrogen-bond donors (Lipinski definition) is 2. The highest BCUT2D eigenvalue weighted by atomic mass is 16.6. The molecule has 2 amide bonds. The molecular weight excluding hydrogens is 404 g/mol. The van der Waals surface area contributed by atoms with Gasteiger partial charge in [0.05, 0.1) is 12.0 Å². The first-order valence-corrected chi connectivity index (χ1v) is 9.55. The number of hydrogen-bond acceptors (Lipinski definition) is 7. The summed E-state index contributed by atoms with van der Waals surface area (Å²) in [4.78, 5) is 35.7. The van der Waals surface area contributed by atoms with Crippen molar-refractivity contribution >= 4 is 23.2 Å². The molecule has 31 heavy (non-hydrogen) atoms. The third kappa shape index (κ3) is 7.18. The Balaban J connectivity index is 1.83. The lowest BCUT2D eigenvalue weighted by Crippen LogP contribution is -2.27. The maximum Gasteiger partial charge on any atom is 0.292 e. The number of carbonyl (C=O) groups excluding carboxylic acids is 2. The number of carbonyl (C=O) groups is 2. The van der Waals surface area contributed by atoms with E-state index in [9.17, 15) is 19.7 Å². The van der Waals surface area contributed by atoms with Crippen LogP contribution in [0.2, 0.25) is 0 Å². The van der Waals surface area contributed by atoms with Gasteiger partial charge in [0.25, 0.3) is 11.6 Å². The van der Waals surface area contributed by atoms with Crippen LogP contribution in [0.15, 0.2) is 42.5 Å². The van der Waals surface area contributed by atoms with Crippen LogP contribution in [-0.4, -0.2) is 56.0 Å². The van der Waals surface area contributed by atoms with Crippen molar-refractivity contribution in [3.05, 3.63) is 58.1 Å². The van der Waals surface area contributed by atoms with Crippen molar-refractivity contribution in [3.63, 3.8) is 0 Å². The number of rotatable bonds is 11. The van der Waals surface area contributed by atoms with Crippen molar-refractivity contribution in [1.29, 1.82) is 0 Å². The zero-order valence-corrected chi connectivity index (χ0v) is 17.7. The van der Waals surface area contributed by atoms with Crippen molar-refractivity contribution in [2.75, 3.05) is 39.7 Å². The van der Waals surface area contributed by atoms with Crippen molar-refractivity contribution in [3.8, 4) is 11.5 Å². The number of anilines is 1. The van der Waals surface area contributed by atoms with Crippen LogP contribution in [0.5, 0.6) is 11.5 Å². The van der Waals surface area contributed by atoms with Crippen LogP contribution in [0, 0.1) is 10.1 Å². The lowest BCUT2D eigenvalue weighted by molar-refractivity contribution is -0.384. The van der Waals surface area contributed by atoms with Gasteiger partial charge in [-0.1, -0.05) is 18.2 Å². The molecule has 0 unspecified atom stereocenters. The van der Waals surface area contributed by atoms with Crippen LogP contribution in [0.4, 0.5) is 11.4 Å². The van der Waals surface area contributed by atoms with Gasteiger partial charge in [0.2, 0.25) is 5.91 Å². The normalized spacial score (nSPS) is 10.2. The first kappa shape index (κ1) is 23.5. The summed E-state index contributed by atoms with van der Waals surface area (Å²) >= 11 is 0. The van der Waals surface area contributed by atoms with Gasteiger partial charge in [-0.3, -0.25) is 19.7 Å². The van der Waals surface area contributed by atoms with E-state index >= 15 is 0 Å². The molecule has 0 saturated heterocycles. The number of nitrogens with zero attached hydrogens (tertiary/aromatic N) is 2. The molecular formula is C21H26N4O6. The maximum absolute atomic E-state index is 12.1. The summed E-state index contributed by atoms with van der Waals surface area (Å²) in [5, 5.41) is 16.7. The molecule has 0 atom stereocenters. The number of nitrogens with one attached hydrogen (secondary N) is 2.